The quantitative estimate of drug-likeness (QED) is 0.257. The van der Waals surface area contributed by atoms with Crippen LogP contribution in [0.1, 0.15) is 16.7 Å². The number of aromatic nitrogens is 1. The second kappa shape index (κ2) is 8.73. The summed E-state index contributed by atoms with van der Waals surface area (Å²) in [7, 11) is 0. The summed E-state index contributed by atoms with van der Waals surface area (Å²) in [5.41, 5.74) is 5.37. The van der Waals surface area contributed by atoms with Crippen LogP contribution in [0, 0.1) is 13.8 Å². The minimum atomic E-state index is -0.411. The first kappa shape index (κ1) is 21.4. The summed E-state index contributed by atoms with van der Waals surface area (Å²) in [5, 5.41) is 23.9. The Morgan fingerprint density at radius 3 is 2.62 bits per heavy atom. The summed E-state index contributed by atoms with van der Waals surface area (Å²) in [6, 6.07) is 16.1. The number of amides is 1. The fraction of sp³-hybridized carbons (Fsp3) is 0.0769. The van der Waals surface area contributed by atoms with Crippen molar-refractivity contribution < 1.29 is 15.0 Å². The molecule has 0 aliphatic heterocycles. The van der Waals surface area contributed by atoms with E-state index >= 15 is 0 Å². The monoisotopic (exact) mass is 444 g/mol. The van der Waals surface area contributed by atoms with Gasteiger partial charge in [-0.25, -0.2) is 0 Å². The Morgan fingerprint density at radius 2 is 1.84 bits per heavy atom. The number of rotatable bonds is 4. The number of anilines is 1. The minimum Gasteiger partial charge on any atom is -0.504 e. The minimum absolute atomic E-state index is 0.252. The number of aryl methyl sites for hydroxylation is 2. The summed E-state index contributed by atoms with van der Waals surface area (Å²) >= 11 is 6.52. The van der Waals surface area contributed by atoms with Crippen LogP contribution < -0.4 is 5.32 Å². The first-order valence-electron chi connectivity index (χ1n) is 10.00. The molecule has 0 radical (unpaired) electrons. The Labute approximate surface area is 190 Å². The predicted octanol–water partition coefficient (Wildman–Crippen LogP) is 6.24. The van der Waals surface area contributed by atoms with Crippen LogP contribution in [0.2, 0.25) is 5.02 Å². The molecule has 3 aromatic carbocycles. The van der Waals surface area contributed by atoms with Crippen LogP contribution in [-0.4, -0.2) is 21.1 Å². The number of hydrogen-bond donors (Lipinski definition) is 3. The lowest BCUT2D eigenvalue weighted by Crippen LogP contribution is -2.10. The molecule has 0 aliphatic rings. The van der Waals surface area contributed by atoms with Gasteiger partial charge in [0, 0.05) is 33.2 Å². The fourth-order valence-electron chi connectivity index (χ4n) is 3.73. The van der Waals surface area contributed by atoms with E-state index in [2.05, 4.69) is 16.4 Å². The van der Waals surface area contributed by atoms with Crippen molar-refractivity contribution in [1.82, 2.24) is 4.98 Å². The van der Waals surface area contributed by atoms with Crippen LogP contribution in [0.25, 0.3) is 28.1 Å². The van der Waals surface area contributed by atoms with Gasteiger partial charge in [-0.15, -0.1) is 0 Å². The number of carbonyl (C=O) groups is 1. The number of benzene rings is 3. The van der Waals surface area contributed by atoms with Crippen molar-refractivity contribution in [2.45, 2.75) is 13.8 Å². The Kier molecular flexibility index (Phi) is 5.84. The smallest absolute Gasteiger partial charge is 0.248 e. The molecule has 1 amide bonds. The van der Waals surface area contributed by atoms with E-state index in [-0.39, 0.29) is 11.5 Å². The third-order valence-electron chi connectivity index (χ3n) is 5.17. The lowest BCUT2D eigenvalue weighted by Gasteiger charge is -2.16. The van der Waals surface area contributed by atoms with Gasteiger partial charge >= 0.3 is 0 Å². The first-order chi connectivity index (χ1) is 15.3. The van der Waals surface area contributed by atoms with Crippen LogP contribution in [-0.2, 0) is 4.79 Å². The highest BCUT2D eigenvalue weighted by atomic mass is 35.5. The number of fused-ring (bicyclic) bond motifs is 1. The van der Waals surface area contributed by atoms with Crippen molar-refractivity contribution in [1.29, 1.82) is 0 Å². The summed E-state index contributed by atoms with van der Waals surface area (Å²) in [5.74, 6) is -0.948. The molecule has 0 aliphatic carbocycles. The lowest BCUT2D eigenvalue weighted by atomic mass is 9.96. The summed E-state index contributed by atoms with van der Waals surface area (Å²) in [6.45, 7) is 4.01. The maximum absolute atomic E-state index is 12.7. The molecule has 0 spiro atoms. The van der Waals surface area contributed by atoms with Crippen LogP contribution in [0.4, 0.5) is 5.69 Å². The summed E-state index contributed by atoms with van der Waals surface area (Å²) in [4.78, 5) is 17.3. The second-order valence-electron chi connectivity index (χ2n) is 7.54. The lowest BCUT2D eigenvalue weighted by molar-refractivity contribution is -0.111. The van der Waals surface area contributed by atoms with E-state index in [1.807, 2.05) is 44.2 Å². The summed E-state index contributed by atoms with van der Waals surface area (Å²) < 4.78 is 0. The first-order valence-corrected chi connectivity index (χ1v) is 10.4. The van der Waals surface area contributed by atoms with Gasteiger partial charge in [-0.3, -0.25) is 9.78 Å². The molecular weight excluding hydrogens is 424 g/mol. The van der Waals surface area contributed by atoms with Crippen LogP contribution >= 0.6 is 11.6 Å². The molecule has 4 rings (SSSR count). The molecule has 160 valence electrons. The number of nitrogens with zero attached hydrogens (tertiary/aromatic N) is 1. The van der Waals surface area contributed by atoms with Crippen LogP contribution in [0.3, 0.4) is 0 Å². The molecule has 0 saturated heterocycles. The molecular formula is C26H21ClN2O3. The molecule has 3 N–H and O–H groups in total. The number of phenols is 2. The van der Waals surface area contributed by atoms with E-state index < -0.39 is 5.91 Å². The molecule has 0 atom stereocenters. The largest absolute Gasteiger partial charge is 0.504 e. The number of phenolic OH excluding ortho intramolecular Hbond substituents is 2. The van der Waals surface area contributed by atoms with Gasteiger partial charge in [-0.1, -0.05) is 53.6 Å². The van der Waals surface area contributed by atoms with Gasteiger partial charge < -0.3 is 15.5 Å². The molecule has 0 fully saturated rings. The molecule has 4 aromatic rings. The summed E-state index contributed by atoms with van der Waals surface area (Å²) in [6.07, 6.45) is 4.35. The number of carbonyl (C=O) groups excluding carboxylic acids is 1. The van der Waals surface area contributed by atoms with Gasteiger partial charge in [0.05, 0.1) is 17.4 Å². The van der Waals surface area contributed by atoms with E-state index in [4.69, 9.17) is 11.6 Å². The van der Waals surface area contributed by atoms with Gasteiger partial charge in [0.15, 0.2) is 11.5 Å². The standard InChI is InChI=1S/C26H21ClN2O3/c1-15-12-16(2)25-19(13-15)24(18-7-3-4-8-20(18)27)21(14-28-25)29-23(31)11-10-17-6-5-9-22(30)26(17)32/h3-14,30,32H,1-2H3,(H,29,31). The van der Waals surface area contributed by atoms with Crippen LogP contribution in [0.5, 0.6) is 11.5 Å². The number of aromatic hydroxyl groups is 2. The fourth-order valence-corrected chi connectivity index (χ4v) is 3.96. The number of para-hydroxylation sites is 1. The van der Waals surface area contributed by atoms with Gasteiger partial charge in [0.1, 0.15) is 0 Å². The SMILES string of the molecule is Cc1cc(C)c2ncc(NC(=O)C=Cc3cccc(O)c3O)c(-c3ccccc3Cl)c2c1. The average Bonchev–Trinajstić information content (AvgIpc) is 2.75. The van der Waals surface area contributed by atoms with E-state index in [1.165, 1.54) is 18.2 Å². The maximum atomic E-state index is 12.7. The second-order valence-corrected chi connectivity index (χ2v) is 7.95. The Bertz CT molecular complexity index is 1380. The average molecular weight is 445 g/mol. The molecule has 0 unspecified atom stereocenters. The van der Waals surface area contributed by atoms with Crippen molar-refractivity contribution in [3.05, 3.63) is 88.6 Å². The predicted molar refractivity (Wildman–Crippen MR) is 129 cm³/mol. The zero-order valence-electron chi connectivity index (χ0n) is 17.6. The topological polar surface area (TPSA) is 82.5 Å². The van der Waals surface area contributed by atoms with Crippen molar-refractivity contribution in [3.8, 4) is 22.6 Å². The van der Waals surface area contributed by atoms with Gasteiger partial charge in [0.2, 0.25) is 5.91 Å². The third kappa shape index (κ3) is 4.15. The van der Waals surface area contributed by atoms with Crippen LogP contribution in [0.15, 0.2) is 66.9 Å². The van der Waals surface area contributed by atoms with E-state index in [0.29, 0.717) is 16.3 Å². The maximum Gasteiger partial charge on any atom is 0.248 e. The highest BCUT2D eigenvalue weighted by Gasteiger charge is 2.16. The molecule has 6 heteroatoms. The number of pyridine rings is 1. The third-order valence-corrected chi connectivity index (χ3v) is 5.50. The van der Waals surface area contributed by atoms with Crippen molar-refractivity contribution in [3.63, 3.8) is 0 Å². The Hall–Kier alpha value is -3.83. The van der Waals surface area contributed by atoms with E-state index in [0.717, 1.165) is 33.2 Å². The molecule has 32 heavy (non-hydrogen) atoms. The Balaban J connectivity index is 1.79. The van der Waals surface area contributed by atoms with Gasteiger partial charge in [-0.05, 0) is 43.7 Å². The van der Waals surface area contributed by atoms with Crippen molar-refractivity contribution in [2.75, 3.05) is 5.32 Å². The molecule has 5 nitrogen and oxygen atoms in total. The number of hydrogen-bond acceptors (Lipinski definition) is 4. The van der Waals surface area contributed by atoms with Gasteiger partial charge in [-0.2, -0.15) is 0 Å². The van der Waals surface area contributed by atoms with Crippen molar-refractivity contribution in [2.24, 2.45) is 0 Å². The van der Waals surface area contributed by atoms with E-state index in [1.54, 1.807) is 18.3 Å². The highest BCUT2D eigenvalue weighted by molar-refractivity contribution is 6.34. The molecule has 0 bridgehead atoms. The van der Waals surface area contributed by atoms with Gasteiger partial charge in [0.25, 0.3) is 0 Å². The number of nitrogens with one attached hydrogen (secondary N) is 1. The normalized spacial score (nSPS) is 11.2. The zero-order chi connectivity index (χ0) is 22.8. The molecule has 0 saturated carbocycles. The highest BCUT2D eigenvalue weighted by Crippen LogP contribution is 2.39. The zero-order valence-corrected chi connectivity index (χ0v) is 18.3. The molecule has 1 aromatic heterocycles. The van der Waals surface area contributed by atoms with Crippen molar-refractivity contribution >= 4 is 40.2 Å². The number of halogens is 1. The molecule has 1 heterocycles. The Morgan fingerprint density at radius 1 is 1.06 bits per heavy atom. The van der Waals surface area contributed by atoms with E-state index in [9.17, 15) is 15.0 Å².